The molecule has 9 nitrogen and oxygen atoms in total. The molecule has 46 heavy (non-hydrogen) atoms. The summed E-state index contributed by atoms with van der Waals surface area (Å²) in [4.78, 5) is 31.6. The summed E-state index contributed by atoms with van der Waals surface area (Å²) in [5.41, 5.74) is 4.88. The average molecular weight is 639 g/mol. The summed E-state index contributed by atoms with van der Waals surface area (Å²) in [7, 11) is 3.11. The summed E-state index contributed by atoms with van der Waals surface area (Å²) >= 11 is 6.43. The molecule has 0 saturated carbocycles. The molecule has 5 aromatic rings. The summed E-state index contributed by atoms with van der Waals surface area (Å²) < 4.78 is 18.4. The Morgan fingerprint density at radius 2 is 1.72 bits per heavy atom. The number of carbonyl (C=O) groups excluding carboxylic acids is 1. The molecule has 0 aliphatic rings. The molecular weight excluding hydrogens is 604 g/mol. The Bertz CT molecular complexity index is 2000. The van der Waals surface area contributed by atoms with Gasteiger partial charge in [0.2, 0.25) is 0 Å². The lowest BCUT2D eigenvalue weighted by Crippen LogP contribution is -2.21. The van der Waals surface area contributed by atoms with Gasteiger partial charge in [-0.1, -0.05) is 55.3 Å². The predicted molar refractivity (Wildman–Crippen MR) is 183 cm³/mol. The first kappa shape index (κ1) is 32.2. The fraction of sp³-hybridized carbons (Fsp3) is 0.222. The molecule has 10 heteroatoms. The quantitative estimate of drug-likeness (QED) is 0.160. The van der Waals surface area contributed by atoms with Gasteiger partial charge in [0.05, 0.1) is 31.3 Å². The van der Waals surface area contributed by atoms with Crippen LogP contribution in [0.1, 0.15) is 42.0 Å². The Kier molecular flexibility index (Phi) is 9.72. The molecule has 0 atom stereocenters. The van der Waals surface area contributed by atoms with Crippen LogP contribution in [0.3, 0.4) is 0 Å². The molecule has 1 aromatic heterocycles. The van der Waals surface area contributed by atoms with E-state index in [0.717, 1.165) is 28.0 Å². The molecule has 0 aliphatic carbocycles. The minimum Gasteiger partial charge on any atom is -0.496 e. The Balaban J connectivity index is 1.59. The van der Waals surface area contributed by atoms with Gasteiger partial charge >= 0.3 is 0 Å². The Morgan fingerprint density at radius 3 is 2.41 bits per heavy atom. The highest BCUT2D eigenvalue weighted by atomic mass is 35.5. The van der Waals surface area contributed by atoms with E-state index in [9.17, 15) is 9.59 Å². The lowest BCUT2D eigenvalue weighted by molar-refractivity contribution is -0.118. The van der Waals surface area contributed by atoms with Crippen LogP contribution in [0.15, 0.2) is 82.7 Å². The van der Waals surface area contributed by atoms with E-state index in [1.165, 1.54) is 18.0 Å². The first-order valence-corrected chi connectivity index (χ1v) is 15.1. The van der Waals surface area contributed by atoms with Crippen LogP contribution in [-0.4, -0.2) is 42.6 Å². The SMILES string of the molecule is COc1cc(C)c(-c2nc3ccccc3c(=O)n2N=Cc2cc(Cl)cc(OC)c2OCC(=O)Nc2ccc(C)cc2)cc1C(C)C. The zero-order valence-corrected chi connectivity index (χ0v) is 27.3. The molecular formula is C36H35ClN4O5. The number of para-hydroxylation sites is 1. The van der Waals surface area contributed by atoms with Gasteiger partial charge in [-0.2, -0.15) is 9.78 Å². The van der Waals surface area contributed by atoms with Gasteiger partial charge in [-0.05, 0) is 73.4 Å². The molecule has 0 aliphatic heterocycles. The highest BCUT2D eigenvalue weighted by molar-refractivity contribution is 6.31. The number of methoxy groups -OCH3 is 2. The second kappa shape index (κ2) is 13.9. The molecule has 1 heterocycles. The fourth-order valence-electron chi connectivity index (χ4n) is 5.05. The van der Waals surface area contributed by atoms with Crippen LogP contribution >= 0.6 is 11.6 Å². The smallest absolute Gasteiger partial charge is 0.282 e. The number of aromatic nitrogens is 2. The average Bonchev–Trinajstić information content (AvgIpc) is 3.04. The summed E-state index contributed by atoms with van der Waals surface area (Å²) in [6.07, 6.45) is 1.45. The summed E-state index contributed by atoms with van der Waals surface area (Å²) in [5.74, 6) is 1.44. The molecule has 1 N–H and O–H groups in total. The number of hydrogen-bond acceptors (Lipinski definition) is 7. The van der Waals surface area contributed by atoms with E-state index in [2.05, 4.69) is 24.3 Å². The molecule has 0 saturated heterocycles. The van der Waals surface area contributed by atoms with Crippen LogP contribution in [0.4, 0.5) is 5.69 Å². The summed E-state index contributed by atoms with van der Waals surface area (Å²) in [5, 5.41) is 8.21. The van der Waals surface area contributed by atoms with E-state index in [1.807, 2.05) is 56.3 Å². The Morgan fingerprint density at radius 1 is 1.00 bits per heavy atom. The third-order valence-corrected chi connectivity index (χ3v) is 7.68. The molecule has 1 amide bonds. The highest BCUT2D eigenvalue weighted by Crippen LogP contribution is 2.36. The molecule has 0 unspecified atom stereocenters. The van der Waals surface area contributed by atoms with Crippen LogP contribution in [0.2, 0.25) is 5.02 Å². The van der Waals surface area contributed by atoms with E-state index in [1.54, 1.807) is 37.4 Å². The number of nitrogens with zero attached hydrogens (tertiary/aromatic N) is 3. The number of anilines is 1. The number of nitrogens with one attached hydrogen (secondary N) is 1. The highest BCUT2D eigenvalue weighted by Gasteiger charge is 2.19. The standard InChI is InChI=1S/C36H35ClN4O5/c1-21(2)28-18-29(23(4)15-31(28)44-5)35-40-30-10-8-7-9-27(30)36(43)41(35)38-19-24-16-25(37)17-32(45-6)34(24)46-20-33(42)39-26-13-11-22(3)12-14-26/h7-19,21H,20H2,1-6H3,(H,39,42). The van der Waals surface area contributed by atoms with Crippen molar-refractivity contribution in [3.8, 4) is 28.6 Å². The lowest BCUT2D eigenvalue weighted by atomic mass is 9.96. The number of carbonyl (C=O) groups is 1. The number of fused-ring (bicyclic) bond motifs is 1. The third kappa shape index (κ3) is 6.89. The first-order valence-electron chi connectivity index (χ1n) is 14.7. The number of rotatable bonds is 10. The van der Waals surface area contributed by atoms with Gasteiger partial charge in [0.1, 0.15) is 5.75 Å². The van der Waals surface area contributed by atoms with E-state index in [0.29, 0.717) is 38.8 Å². The maximum Gasteiger partial charge on any atom is 0.282 e. The topological polar surface area (TPSA) is 104 Å². The van der Waals surface area contributed by atoms with Crippen LogP contribution in [0.5, 0.6) is 17.2 Å². The number of benzene rings is 4. The molecule has 5 rings (SSSR count). The monoisotopic (exact) mass is 638 g/mol. The van der Waals surface area contributed by atoms with Gasteiger partial charge < -0.3 is 19.5 Å². The fourth-order valence-corrected chi connectivity index (χ4v) is 5.27. The summed E-state index contributed by atoms with van der Waals surface area (Å²) in [6.45, 7) is 7.75. The van der Waals surface area contributed by atoms with E-state index >= 15 is 0 Å². The second-order valence-electron chi connectivity index (χ2n) is 11.1. The van der Waals surface area contributed by atoms with Crippen molar-refractivity contribution in [3.63, 3.8) is 0 Å². The largest absolute Gasteiger partial charge is 0.496 e. The first-order chi connectivity index (χ1) is 22.1. The van der Waals surface area contributed by atoms with Crippen molar-refractivity contribution in [1.29, 1.82) is 0 Å². The van der Waals surface area contributed by atoms with E-state index < -0.39 is 0 Å². The van der Waals surface area contributed by atoms with E-state index in [4.69, 9.17) is 30.8 Å². The van der Waals surface area contributed by atoms with Gasteiger partial charge in [-0.25, -0.2) is 4.98 Å². The number of hydrogen-bond donors (Lipinski definition) is 1. The third-order valence-electron chi connectivity index (χ3n) is 7.46. The lowest BCUT2D eigenvalue weighted by Gasteiger charge is -2.17. The van der Waals surface area contributed by atoms with Crippen molar-refractivity contribution in [2.45, 2.75) is 33.6 Å². The maximum absolute atomic E-state index is 13.9. The van der Waals surface area contributed by atoms with Crippen LogP contribution in [-0.2, 0) is 4.79 Å². The second-order valence-corrected chi connectivity index (χ2v) is 11.5. The van der Waals surface area contributed by atoms with Gasteiger partial charge in [0.15, 0.2) is 23.9 Å². The van der Waals surface area contributed by atoms with Crippen molar-refractivity contribution >= 4 is 40.3 Å². The van der Waals surface area contributed by atoms with Crippen LogP contribution in [0, 0.1) is 13.8 Å². The molecule has 0 fully saturated rings. The normalized spacial score (nSPS) is 11.3. The van der Waals surface area contributed by atoms with Gasteiger partial charge in [0.25, 0.3) is 11.5 Å². The van der Waals surface area contributed by atoms with Crippen molar-refractivity contribution in [2.24, 2.45) is 5.10 Å². The van der Waals surface area contributed by atoms with Crippen molar-refractivity contribution in [1.82, 2.24) is 9.66 Å². The zero-order valence-electron chi connectivity index (χ0n) is 26.6. The zero-order chi connectivity index (χ0) is 33.0. The Labute approximate surface area is 272 Å². The van der Waals surface area contributed by atoms with Crippen molar-refractivity contribution in [2.75, 3.05) is 26.1 Å². The van der Waals surface area contributed by atoms with Gasteiger partial charge in [0, 0.05) is 27.9 Å². The van der Waals surface area contributed by atoms with Gasteiger partial charge in [-0.3, -0.25) is 9.59 Å². The predicted octanol–water partition coefficient (Wildman–Crippen LogP) is 7.37. The minimum absolute atomic E-state index is 0.153. The number of halogens is 1. The minimum atomic E-state index is -0.364. The van der Waals surface area contributed by atoms with Crippen molar-refractivity contribution in [3.05, 3.63) is 110 Å². The Hall–Kier alpha value is -5.15. The van der Waals surface area contributed by atoms with Gasteiger partial charge in [-0.15, -0.1) is 0 Å². The number of aryl methyl sites for hydroxylation is 2. The molecule has 236 valence electrons. The molecule has 0 spiro atoms. The van der Waals surface area contributed by atoms with Crippen LogP contribution in [0.25, 0.3) is 22.3 Å². The number of ether oxygens (including phenoxy) is 3. The van der Waals surface area contributed by atoms with E-state index in [-0.39, 0.29) is 29.7 Å². The summed E-state index contributed by atoms with van der Waals surface area (Å²) in [6, 6.07) is 21.7. The number of amides is 1. The molecule has 0 bridgehead atoms. The van der Waals surface area contributed by atoms with Crippen LogP contribution < -0.4 is 25.1 Å². The van der Waals surface area contributed by atoms with Crippen molar-refractivity contribution < 1.29 is 19.0 Å². The molecule has 4 aromatic carbocycles. The molecule has 0 radical (unpaired) electrons. The maximum atomic E-state index is 13.9.